The van der Waals surface area contributed by atoms with Crippen LogP contribution in [0.3, 0.4) is 0 Å². The molecule has 2 aromatic rings. The standard InChI is InChI=1S/C14H19N5O/c1-19(4-2-11-7-17-18-8-11)14-6-13(15-10-16-14)12-3-5-20-9-12/h6-8,10,12H,2-5,9H2,1H3,(H,17,18)/t12-/m1/s1. The van der Waals surface area contributed by atoms with Crippen LogP contribution >= 0.6 is 0 Å². The summed E-state index contributed by atoms with van der Waals surface area (Å²) in [5, 5.41) is 6.79. The second-order valence-electron chi connectivity index (χ2n) is 5.14. The zero-order chi connectivity index (χ0) is 13.8. The van der Waals surface area contributed by atoms with Gasteiger partial charge in [0, 0.05) is 38.4 Å². The Labute approximate surface area is 118 Å². The number of ether oxygens (including phenoxy) is 1. The molecule has 1 fully saturated rings. The van der Waals surface area contributed by atoms with Crippen molar-refractivity contribution < 1.29 is 4.74 Å². The van der Waals surface area contributed by atoms with Gasteiger partial charge in [-0.25, -0.2) is 9.97 Å². The van der Waals surface area contributed by atoms with Gasteiger partial charge in [0.2, 0.25) is 0 Å². The van der Waals surface area contributed by atoms with Crippen LogP contribution in [-0.2, 0) is 11.2 Å². The molecule has 0 saturated carbocycles. The fraction of sp³-hybridized carbons (Fsp3) is 0.500. The van der Waals surface area contributed by atoms with Crippen molar-refractivity contribution in [3.05, 3.63) is 36.0 Å². The second kappa shape index (κ2) is 6.00. The molecule has 0 aromatic carbocycles. The fourth-order valence-corrected chi connectivity index (χ4v) is 2.39. The van der Waals surface area contributed by atoms with Crippen molar-refractivity contribution in [2.45, 2.75) is 18.8 Å². The molecule has 1 aliphatic heterocycles. The predicted octanol–water partition coefficient (Wildman–Crippen LogP) is 1.38. The summed E-state index contributed by atoms with van der Waals surface area (Å²) in [7, 11) is 2.05. The van der Waals surface area contributed by atoms with Gasteiger partial charge in [-0.05, 0) is 18.4 Å². The zero-order valence-electron chi connectivity index (χ0n) is 11.6. The molecule has 2 aromatic heterocycles. The van der Waals surface area contributed by atoms with Gasteiger partial charge in [0.25, 0.3) is 0 Å². The number of likely N-dealkylation sites (N-methyl/N-ethyl adjacent to an activating group) is 1. The van der Waals surface area contributed by atoms with Gasteiger partial charge in [-0.3, -0.25) is 5.10 Å². The van der Waals surface area contributed by atoms with Crippen LogP contribution in [0.2, 0.25) is 0 Å². The van der Waals surface area contributed by atoms with Crippen molar-refractivity contribution >= 4 is 5.82 Å². The third-order valence-electron chi connectivity index (χ3n) is 3.70. The number of aromatic nitrogens is 4. The van der Waals surface area contributed by atoms with Gasteiger partial charge in [0.05, 0.1) is 18.5 Å². The van der Waals surface area contributed by atoms with Crippen LogP contribution in [0.15, 0.2) is 24.8 Å². The lowest BCUT2D eigenvalue weighted by atomic mass is 10.0. The number of hydrogen-bond donors (Lipinski definition) is 1. The molecule has 0 unspecified atom stereocenters. The van der Waals surface area contributed by atoms with Crippen LogP contribution in [0.25, 0.3) is 0 Å². The van der Waals surface area contributed by atoms with Crippen LogP contribution in [0.5, 0.6) is 0 Å². The topological polar surface area (TPSA) is 66.9 Å². The quantitative estimate of drug-likeness (QED) is 0.891. The summed E-state index contributed by atoms with van der Waals surface area (Å²) < 4.78 is 5.42. The summed E-state index contributed by atoms with van der Waals surface area (Å²) in [4.78, 5) is 10.9. The fourth-order valence-electron chi connectivity index (χ4n) is 2.39. The van der Waals surface area contributed by atoms with E-state index < -0.39 is 0 Å². The lowest BCUT2D eigenvalue weighted by molar-refractivity contribution is 0.193. The van der Waals surface area contributed by atoms with E-state index in [0.29, 0.717) is 5.92 Å². The van der Waals surface area contributed by atoms with Gasteiger partial charge in [-0.15, -0.1) is 0 Å². The highest BCUT2D eigenvalue weighted by Crippen LogP contribution is 2.25. The van der Waals surface area contributed by atoms with E-state index in [9.17, 15) is 0 Å². The SMILES string of the molecule is CN(CCc1cn[nH]c1)c1cc([C@@H]2CCOC2)ncn1. The Morgan fingerprint density at radius 2 is 2.40 bits per heavy atom. The number of nitrogens with one attached hydrogen (secondary N) is 1. The van der Waals surface area contributed by atoms with E-state index in [1.165, 1.54) is 5.56 Å². The Balaban J connectivity index is 1.64. The van der Waals surface area contributed by atoms with Crippen LogP contribution in [-0.4, -0.2) is 47.0 Å². The molecule has 0 bridgehead atoms. The first-order valence-electron chi connectivity index (χ1n) is 6.91. The molecular formula is C14H19N5O. The first-order chi connectivity index (χ1) is 9.83. The van der Waals surface area contributed by atoms with E-state index in [0.717, 1.165) is 44.1 Å². The van der Waals surface area contributed by atoms with Crippen molar-refractivity contribution in [3.63, 3.8) is 0 Å². The summed E-state index contributed by atoms with van der Waals surface area (Å²) in [6.07, 6.45) is 7.43. The molecular weight excluding hydrogens is 254 g/mol. The summed E-state index contributed by atoms with van der Waals surface area (Å²) in [6.45, 7) is 2.51. The smallest absolute Gasteiger partial charge is 0.131 e. The Morgan fingerprint density at radius 1 is 1.45 bits per heavy atom. The lowest BCUT2D eigenvalue weighted by Crippen LogP contribution is -2.21. The Bertz CT molecular complexity index is 536. The van der Waals surface area contributed by atoms with Crippen molar-refractivity contribution in [3.8, 4) is 0 Å². The number of rotatable bonds is 5. The predicted molar refractivity (Wildman–Crippen MR) is 75.8 cm³/mol. The lowest BCUT2D eigenvalue weighted by Gasteiger charge is -2.18. The first-order valence-corrected chi connectivity index (χ1v) is 6.91. The third kappa shape index (κ3) is 2.96. The van der Waals surface area contributed by atoms with Gasteiger partial charge < -0.3 is 9.64 Å². The highest BCUT2D eigenvalue weighted by atomic mass is 16.5. The maximum absolute atomic E-state index is 5.42. The van der Waals surface area contributed by atoms with Gasteiger partial charge in [0.15, 0.2) is 0 Å². The zero-order valence-corrected chi connectivity index (χ0v) is 11.6. The average molecular weight is 273 g/mol. The van der Waals surface area contributed by atoms with Crippen LogP contribution in [0.1, 0.15) is 23.6 Å². The highest BCUT2D eigenvalue weighted by Gasteiger charge is 2.20. The molecule has 1 aliphatic rings. The first kappa shape index (κ1) is 13.1. The van der Waals surface area contributed by atoms with Crippen LogP contribution in [0, 0.1) is 0 Å². The Morgan fingerprint density at radius 3 is 3.15 bits per heavy atom. The second-order valence-corrected chi connectivity index (χ2v) is 5.14. The van der Waals surface area contributed by atoms with Crippen LogP contribution in [0.4, 0.5) is 5.82 Å². The summed E-state index contributed by atoms with van der Waals surface area (Å²) in [5.41, 5.74) is 2.29. The Kier molecular flexibility index (Phi) is 3.92. The van der Waals surface area contributed by atoms with E-state index in [1.807, 2.05) is 12.4 Å². The number of aromatic amines is 1. The minimum Gasteiger partial charge on any atom is -0.381 e. The molecule has 0 amide bonds. The van der Waals surface area contributed by atoms with E-state index in [1.54, 1.807) is 6.33 Å². The highest BCUT2D eigenvalue weighted by molar-refractivity contribution is 5.39. The minimum absolute atomic E-state index is 0.416. The van der Waals surface area contributed by atoms with Crippen LogP contribution < -0.4 is 4.90 Å². The molecule has 0 spiro atoms. The maximum Gasteiger partial charge on any atom is 0.131 e. The largest absolute Gasteiger partial charge is 0.381 e. The number of hydrogen-bond acceptors (Lipinski definition) is 5. The molecule has 3 rings (SSSR count). The molecule has 20 heavy (non-hydrogen) atoms. The van der Waals surface area contributed by atoms with Crippen molar-refractivity contribution in [2.24, 2.45) is 0 Å². The molecule has 3 heterocycles. The number of nitrogens with zero attached hydrogens (tertiary/aromatic N) is 4. The summed E-state index contributed by atoms with van der Waals surface area (Å²) >= 11 is 0. The van der Waals surface area contributed by atoms with Crippen molar-refractivity contribution in [2.75, 3.05) is 31.7 Å². The van der Waals surface area contributed by atoms with E-state index in [-0.39, 0.29) is 0 Å². The van der Waals surface area contributed by atoms with Gasteiger partial charge >= 0.3 is 0 Å². The summed E-state index contributed by atoms with van der Waals surface area (Å²) in [6, 6.07) is 2.08. The van der Waals surface area contributed by atoms with Gasteiger partial charge in [-0.2, -0.15) is 5.10 Å². The van der Waals surface area contributed by atoms with E-state index in [2.05, 4.69) is 38.2 Å². The molecule has 6 heteroatoms. The molecule has 1 N–H and O–H groups in total. The van der Waals surface area contributed by atoms with Gasteiger partial charge in [0.1, 0.15) is 12.1 Å². The molecule has 1 saturated heterocycles. The van der Waals surface area contributed by atoms with Gasteiger partial charge in [-0.1, -0.05) is 0 Å². The summed E-state index contributed by atoms with van der Waals surface area (Å²) in [5.74, 6) is 1.38. The normalized spacial score (nSPS) is 18.4. The molecule has 6 nitrogen and oxygen atoms in total. The van der Waals surface area contributed by atoms with E-state index >= 15 is 0 Å². The molecule has 0 radical (unpaired) electrons. The van der Waals surface area contributed by atoms with E-state index in [4.69, 9.17) is 4.74 Å². The van der Waals surface area contributed by atoms with Crippen molar-refractivity contribution in [1.29, 1.82) is 0 Å². The molecule has 106 valence electrons. The van der Waals surface area contributed by atoms with Crippen molar-refractivity contribution in [1.82, 2.24) is 20.2 Å². The molecule has 1 atom stereocenters. The third-order valence-corrected chi connectivity index (χ3v) is 3.70. The monoisotopic (exact) mass is 273 g/mol. The Hall–Kier alpha value is -1.95. The molecule has 0 aliphatic carbocycles. The maximum atomic E-state index is 5.42. The minimum atomic E-state index is 0.416. The average Bonchev–Trinajstić information content (AvgIpc) is 3.18. The number of anilines is 1. The number of H-pyrrole nitrogens is 1.